The van der Waals surface area contributed by atoms with E-state index in [9.17, 15) is 40.7 Å². The van der Waals surface area contributed by atoms with Crippen LogP contribution in [0, 0.1) is 29.6 Å². The first-order valence-corrected chi connectivity index (χ1v) is 10.3. The van der Waals surface area contributed by atoms with E-state index < -0.39 is 83.8 Å². The van der Waals surface area contributed by atoms with Gasteiger partial charge >= 0.3 is 30.3 Å². The van der Waals surface area contributed by atoms with Crippen molar-refractivity contribution < 1.29 is 59.7 Å². The number of hydrogen-bond acceptors (Lipinski definition) is 7. The molecule has 5 rings (SSSR count). The Labute approximate surface area is 182 Å². The number of halogens is 6. The second-order valence-electron chi connectivity index (χ2n) is 9.23. The maximum atomic E-state index is 13.2. The number of hydrogen-bond donors (Lipinski definition) is 0. The van der Waals surface area contributed by atoms with Crippen molar-refractivity contribution in [3.05, 3.63) is 12.2 Å². The molecule has 0 aromatic carbocycles. The lowest BCUT2D eigenvalue weighted by Gasteiger charge is -2.36. The van der Waals surface area contributed by atoms with Crippen molar-refractivity contribution in [3.63, 3.8) is 0 Å². The number of esters is 3. The number of alkyl halides is 6. The monoisotopic (exact) mass is 484 g/mol. The molecule has 0 aromatic rings. The van der Waals surface area contributed by atoms with Crippen LogP contribution in [0.25, 0.3) is 0 Å². The lowest BCUT2D eigenvalue weighted by molar-refractivity contribution is -0.364. The maximum absolute atomic E-state index is 13.2. The van der Waals surface area contributed by atoms with Crippen molar-refractivity contribution in [1.29, 1.82) is 0 Å². The Hall–Kier alpha value is -2.31. The summed E-state index contributed by atoms with van der Waals surface area (Å²) in [7, 11) is 0. The molecule has 3 heterocycles. The summed E-state index contributed by atoms with van der Waals surface area (Å²) in [6.07, 6.45) is -10.8. The van der Waals surface area contributed by atoms with Crippen LogP contribution in [0.15, 0.2) is 12.2 Å². The third-order valence-corrected chi connectivity index (χ3v) is 7.49. The molecule has 4 bridgehead atoms. The average Bonchev–Trinajstić information content (AvgIpc) is 3.47. The van der Waals surface area contributed by atoms with Gasteiger partial charge in [-0.15, -0.1) is 0 Å². The van der Waals surface area contributed by atoms with E-state index in [1.54, 1.807) is 12.2 Å². The second-order valence-corrected chi connectivity index (χ2v) is 9.23. The largest absolute Gasteiger partial charge is 0.458 e. The Morgan fingerprint density at radius 2 is 1.67 bits per heavy atom. The third-order valence-electron chi connectivity index (χ3n) is 7.49. The van der Waals surface area contributed by atoms with Gasteiger partial charge in [0, 0.05) is 11.8 Å². The van der Waals surface area contributed by atoms with Gasteiger partial charge in [0.1, 0.15) is 12.2 Å². The van der Waals surface area contributed by atoms with Gasteiger partial charge in [0.25, 0.3) is 5.60 Å². The van der Waals surface area contributed by atoms with Crippen molar-refractivity contribution in [2.24, 2.45) is 29.6 Å². The zero-order valence-corrected chi connectivity index (χ0v) is 16.9. The lowest BCUT2D eigenvalue weighted by Crippen LogP contribution is -2.58. The number of fused-ring (bicyclic) bond motifs is 3. The molecule has 2 aliphatic carbocycles. The van der Waals surface area contributed by atoms with E-state index in [0.29, 0.717) is 6.42 Å². The van der Waals surface area contributed by atoms with E-state index in [0.717, 1.165) is 0 Å². The van der Waals surface area contributed by atoms with Crippen molar-refractivity contribution in [3.8, 4) is 0 Å². The summed E-state index contributed by atoms with van der Waals surface area (Å²) in [5, 5.41) is 0. The number of rotatable bonds is 4. The SMILES string of the molecule is CC(OC(=O)C1C2CC3C(OC(=O)C31)C2OC(=O)C1CC2C=CC1O2)(C(F)(F)F)C(F)(F)F. The molecular weight excluding hydrogens is 466 g/mol. The Kier molecular flexibility index (Phi) is 4.67. The van der Waals surface area contributed by atoms with Gasteiger partial charge in [0.2, 0.25) is 0 Å². The highest BCUT2D eigenvalue weighted by molar-refractivity contribution is 5.86. The van der Waals surface area contributed by atoms with Gasteiger partial charge in [-0.25, -0.2) is 0 Å². The molecule has 0 aromatic heterocycles. The van der Waals surface area contributed by atoms with Crippen LogP contribution in [-0.4, -0.2) is 60.3 Å². The molecule has 0 amide bonds. The van der Waals surface area contributed by atoms with Gasteiger partial charge in [-0.05, 0) is 19.8 Å². The van der Waals surface area contributed by atoms with Crippen LogP contribution < -0.4 is 0 Å². The molecule has 0 radical (unpaired) electrons. The fourth-order valence-electron chi connectivity index (χ4n) is 5.74. The molecule has 13 heteroatoms. The van der Waals surface area contributed by atoms with Gasteiger partial charge in [-0.1, -0.05) is 12.2 Å². The minimum absolute atomic E-state index is 0.0701. The zero-order chi connectivity index (χ0) is 24.1. The van der Waals surface area contributed by atoms with Crippen molar-refractivity contribution in [1.82, 2.24) is 0 Å². The first-order chi connectivity index (χ1) is 15.2. The third kappa shape index (κ3) is 3.10. The summed E-state index contributed by atoms with van der Waals surface area (Å²) < 4.78 is 99.6. The van der Waals surface area contributed by atoms with Gasteiger partial charge in [0.15, 0.2) is 0 Å². The fourth-order valence-corrected chi connectivity index (χ4v) is 5.74. The molecule has 2 saturated carbocycles. The fraction of sp³-hybridized carbons (Fsp3) is 0.750. The van der Waals surface area contributed by atoms with Crippen LogP contribution in [0.3, 0.4) is 0 Å². The van der Waals surface area contributed by atoms with Gasteiger partial charge < -0.3 is 18.9 Å². The topological polar surface area (TPSA) is 88.1 Å². The van der Waals surface area contributed by atoms with Crippen molar-refractivity contribution >= 4 is 17.9 Å². The molecule has 0 N–H and O–H groups in total. The van der Waals surface area contributed by atoms with E-state index >= 15 is 0 Å². The lowest BCUT2D eigenvalue weighted by atomic mass is 9.78. The predicted molar refractivity (Wildman–Crippen MR) is 90.9 cm³/mol. The molecule has 3 aliphatic heterocycles. The molecule has 7 nitrogen and oxygen atoms in total. The van der Waals surface area contributed by atoms with Gasteiger partial charge in [-0.2, -0.15) is 26.3 Å². The van der Waals surface area contributed by atoms with Crippen molar-refractivity contribution in [2.45, 2.75) is 62.1 Å². The Balaban J connectivity index is 1.37. The van der Waals surface area contributed by atoms with E-state index in [-0.39, 0.29) is 19.4 Å². The molecule has 2 saturated heterocycles. The minimum Gasteiger partial charge on any atom is -0.458 e. The molecule has 33 heavy (non-hydrogen) atoms. The molecule has 182 valence electrons. The zero-order valence-electron chi connectivity index (χ0n) is 16.9. The highest BCUT2D eigenvalue weighted by Gasteiger charge is 2.74. The normalized spacial score (nSPS) is 40.9. The van der Waals surface area contributed by atoms with Gasteiger partial charge in [-0.3, -0.25) is 14.4 Å². The first-order valence-electron chi connectivity index (χ1n) is 10.3. The molecular formula is C20H18F6O7. The highest BCUT2D eigenvalue weighted by atomic mass is 19.4. The summed E-state index contributed by atoms with van der Waals surface area (Å²) in [6.45, 7) is -0.284. The Bertz CT molecular complexity index is 913. The highest BCUT2D eigenvalue weighted by Crippen LogP contribution is 2.60. The van der Waals surface area contributed by atoms with Gasteiger partial charge in [0.05, 0.1) is 30.0 Å². The van der Waals surface area contributed by atoms with Crippen LogP contribution in [0.2, 0.25) is 0 Å². The summed E-state index contributed by atoms with van der Waals surface area (Å²) in [6, 6.07) is 0. The van der Waals surface area contributed by atoms with E-state index in [2.05, 4.69) is 4.74 Å². The van der Waals surface area contributed by atoms with Crippen molar-refractivity contribution in [2.75, 3.05) is 0 Å². The standard InChI is InChI=1S/C20H18F6O7/c1-18(19(21,22)23,20(24,25)26)33-17(29)12-9-5-8-11(12)16(28)32-14(8)13(9)31-15(27)7-4-6-2-3-10(7)30-6/h2-3,6-14H,4-5H2,1H3. The summed E-state index contributed by atoms with van der Waals surface area (Å²) >= 11 is 0. The molecule has 5 aliphatic rings. The van der Waals surface area contributed by atoms with Crippen LogP contribution >= 0.6 is 0 Å². The quantitative estimate of drug-likeness (QED) is 0.262. The Morgan fingerprint density at radius 1 is 1.00 bits per heavy atom. The summed E-state index contributed by atoms with van der Waals surface area (Å²) in [4.78, 5) is 37.7. The second kappa shape index (κ2) is 6.86. The average molecular weight is 484 g/mol. The summed E-state index contributed by atoms with van der Waals surface area (Å²) in [5.41, 5.74) is -4.76. The smallest absolute Gasteiger partial charge is 0.437 e. The van der Waals surface area contributed by atoms with Crippen LogP contribution in [-0.2, 0) is 33.3 Å². The van der Waals surface area contributed by atoms with Crippen LogP contribution in [0.1, 0.15) is 19.8 Å². The molecule has 0 spiro atoms. The number of ether oxygens (including phenoxy) is 4. The van der Waals surface area contributed by atoms with Crippen LogP contribution in [0.5, 0.6) is 0 Å². The van der Waals surface area contributed by atoms with Crippen LogP contribution in [0.4, 0.5) is 26.3 Å². The molecule has 4 fully saturated rings. The summed E-state index contributed by atoms with van der Waals surface area (Å²) in [5.74, 6) is -8.66. The van der Waals surface area contributed by atoms with E-state index in [4.69, 9.17) is 14.2 Å². The Morgan fingerprint density at radius 3 is 2.21 bits per heavy atom. The maximum Gasteiger partial charge on any atom is 0.437 e. The first kappa shape index (κ1) is 22.5. The minimum atomic E-state index is -5.95. The molecule has 9 unspecified atom stereocenters. The molecule has 9 atom stereocenters. The number of carbonyl (C=O) groups excluding carboxylic acids is 3. The van der Waals surface area contributed by atoms with E-state index in [1.807, 2.05) is 0 Å². The predicted octanol–water partition coefficient (Wildman–Crippen LogP) is 2.48. The number of carbonyl (C=O) groups is 3. The van der Waals surface area contributed by atoms with E-state index in [1.165, 1.54) is 0 Å².